The number of aliphatic hydroxyl groups is 1. The molecular weight excluding hydrogens is 224 g/mol. The van der Waals surface area contributed by atoms with Crippen molar-refractivity contribution in [3.63, 3.8) is 0 Å². The molecule has 1 heterocycles. The van der Waals surface area contributed by atoms with Crippen molar-refractivity contribution >= 4 is 0 Å². The molecule has 0 spiro atoms. The normalized spacial score (nSPS) is 14.1. The van der Waals surface area contributed by atoms with Crippen LogP contribution in [0.5, 0.6) is 0 Å². The topological polar surface area (TPSA) is 38.1 Å². The number of aryl methyl sites for hydroxylation is 1. The highest BCUT2D eigenvalue weighted by molar-refractivity contribution is 5.29. The predicted octanol–water partition coefficient (Wildman–Crippen LogP) is 2.62. The van der Waals surface area contributed by atoms with Gasteiger partial charge in [-0.2, -0.15) is 0 Å². The summed E-state index contributed by atoms with van der Waals surface area (Å²) in [5.41, 5.74) is -0.200. The number of rotatable bonds is 5. The maximum Gasteiger partial charge on any atom is 0.147 e. The molecule has 0 aliphatic rings. The van der Waals surface area contributed by atoms with Gasteiger partial charge in [0.2, 0.25) is 0 Å². The van der Waals surface area contributed by atoms with E-state index >= 15 is 0 Å². The number of benzene rings is 1. The van der Waals surface area contributed by atoms with Gasteiger partial charge in [0.05, 0.1) is 0 Å². The molecule has 0 radical (unpaired) electrons. The van der Waals surface area contributed by atoms with Crippen LogP contribution in [0.3, 0.4) is 0 Å². The molecule has 0 aliphatic carbocycles. The van der Waals surface area contributed by atoms with Crippen LogP contribution in [-0.2, 0) is 12.6 Å². The van der Waals surface area contributed by atoms with Crippen LogP contribution >= 0.6 is 0 Å². The van der Waals surface area contributed by atoms with E-state index in [0.29, 0.717) is 12.2 Å². The fourth-order valence-electron chi connectivity index (χ4n) is 2.17. The maximum absolute atomic E-state index is 11.0. The Morgan fingerprint density at radius 3 is 2.67 bits per heavy atom. The van der Waals surface area contributed by atoms with Gasteiger partial charge in [-0.05, 0) is 18.4 Å². The molecule has 0 saturated heterocycles. The third kappa shape index (κ3) is 2.22. The van der Waals surface area contributed by atoms with Crippen molar-refractivity contribution in [3.8, 4) is 0 Å². The van der Waals surface area contributed by atoms with Crippen LogP contribution in [0, 0.1) is 0 Å². The monoisotopic (exact) mass is 242 g/mol. The molecule has 1 aromatic heterocycles. The SMILES string of the molecule is C=CCCC(O)(c1ccccc1)c1nccn1C. The van der Waals surface area contributed by atoms with Crippen molar-refractivity contribution < 1.29 is 5.11 Å². The Morgan fingerprint density at radius 2 is 2.11 bits per heavy atom. The molecule has 0 fully saturated rings. The zero-order valence-electron chi connectivity index (χ0n) is 10.6. The van der Waals surface area contributed by atoms with Crippen molar-refractivity contribution in [1.29, 1.82) is 0 Å². The molecule has 0 bridgehead atoms. The molecule has 1 aromatic carbocycles. The summed E-state index contributed by atoms with van der Waals surface area (Å²) in [6.07, 6.45) is 6.68. The van der Waals surface area contributed by atoms with Crippen molar-refractivity contribution in [1.82, 2.24) is 9.55 Å². The molecule has 3 nitrogen and oxygen atoms in total. The van der Waals surface area contributed by atoms with E-state index in [0.717, 1.165) is 12.0 Å². The maximum atomic E-state index is 11.0. The minimum Gasteiger partial charge on any atom is -0.377 e. The van der Waals surface area contributed by atoms with Gasteiger partial charge < -0.3 is 9.67 Å². The summed E-state index contributed by atoms with van der Waals surface area (Å²) in [7, 11) is 1.89. The van der Waals surface area contributed by atoms with Gasteiger partial charge in [-0.3, -0.25) is 0 Å². The average molecular weight is 242 g/mol. The Morgan fingerprint density at radius 1 is 1.39 bits per heavy atom. The largest absolute Gasteiger partial charge is 0.377 e. The van der Waals surface area contributed by atoms with Crippen LogP contribution in [0.25, 0.3) is 0 Å². The van der Waals surface area contributed by atoms with Crippen LogP contribution in [-0.4, -0.2) is 14.7 Å². The molecule has 18 heavy (non-hydrogen) atoms. The Balaban J connectivity index is 2.47. The van der Waals surface area contributed by atoms with E-state index < -0.39 is 5.60 Å². The zero-order valence-corrected chi connectivity index (χ0v) is 10.6. The van der Waals surface area contributed by atoms with Crippen molar-refractivity contribution in [3.05, 3.63) is 66.8 Å². The third-order valence-corrected chi connectivity index (χ3v) is 3.15. The predicted molar refractivity (Wildman–Crippen MR) is 72.1 cm³/mol. The van der Waals surface area contributed by atoms with Gasteiger partial charge in [-0.15, -0.1) is 6.58 Å². The first kappa shape index (κ1) is 12.6. The smallest absolute Gasteiger partial charge is 0.147 e. The van der Waals surface area contributed by atoms with Crippen LogP contribution in [0.15, 0.2) is 55.4 Å². The van der Waals surface area contributed by atoms with E-state index in [-0.39, 0.29) is 0 Å². The molecule has 1 N–H and O–H groups in total. The van der Waals surface area contributed by atoms with Gasteiger partial charge in [0.15, 0.2) is 0 Å². The molecule has 2 aromatic rings. The minimum absolute atomic E-state index is 0.575. The first-order valence-electron chi connectivity index (χ1n) is 6.05. The van der Waals surface area contributed by atoms with E-state index in [4.69, 9.17) is 0 Å². The molecule has 0 aliphatic heterocycles. The zero-order chi connectivity index (χ0) is 13.0. The van der Waals surface area contributed by atoms with Crippen molar-refractivity contribution in [2.75, 3.05) is 0 Å². The van der Waals surface area contributed by atoms with Crippen LogP contribution in [0.4, 0.5) is 0 Å². The molecule has 2 rings (SSSR count). The first-order valence-corrected chi connectivity index (χ1v) is 6.05. The van der Waals surface area contributed by atoms with E-state index in [1.165, 1.54) is 0 Å². The fraction of sp³-hybridized carbons (Fsp3) is 0.267. The Kier molecular flexibility index (Phi) is 3.63. The molecule has 3 heteroatoms. The van der Waals surface area contributed by atoms with E-state index in [1.807, 2.05) is 54.2 Å². The van der Waals surface area contributed by atoms with E-state index in [2.05, 4.69) is 11.6 Å². The summed E-state index contributed by atoms with van der Waals surface area (Å²) < 4.78 is 1.86. The number of aromatic nitrogens is 2. The van der Waals surface area contributed by atoms with Gasteiger partial charge in [0.25, 0.3) is 0 Å². The highest BCUT2D eigenvalue weighted by Crippen LogP contribution is 2.32. The Hall–Kier alpha value is -1.87. The lowest BCUT2D eigenvalue weighted by atomic mass is 9.88. The standard InChI is InChI=1S/C15H18N2O/c1-3-4-10-15(18,13-8-6-5-7-9-13)14-16-11-12-17(14)2/h3,5-9,11-12,18H,1,4,10H2,2H3. The second kappa shape index (κ2) is 5.19. The van der Waals surface area contributed by atoms with Gasteiger partial charge in [0.1, 0.15) is 11.4 Å². The van der Waals surface area contributed by atoms with Crippen LogP contribution in [0.2, 0.25) is 0 Å². The molecule has 0 saturated carbocycles. The van der Waals surface area contributed by atoms with Crippen LogP contribution < -0.4 is 0 Å². The Labute approximate surface area is 107 Å². The highest BCUT2D eigenvalue weighted by Gasteiger charge is 2.34. The lowest BCUT2D eigenvalue weighted by Gasteiger charge is -2.27. The summed E-state index contributed by atoms with van der Waals surface area (Å²) >= 11 is 0. The number of hydrogen-bond donors (Lipinski definition) is 1. The van der Waals surface area contributed by atoms with Crippen LogP contribution in [0.1, 0.15) is 24.2 Å². The number of hydrogen-bond acceptors (Lipinski definition) is 2. The lowest BCUT2D eigenvalue weighted by Crippen LogP contribution is -2.30. The molecule has 1 atom stereocenters. The van der Waals surface area contributed by atoms with Gasteiger partial charge >= 0.3 is 0 Å². The van der Waals surface area contributed by atoms with Gasteiger partial charge in [0, 0.05) is 19.4 Å². The molecule has 1 unspecified atom stereocenters. The lowest BCUT2D eigenvalue weighted by molar-refractivity contribution is 0.0598. The van der Waals surface area contributed by atoms with Gasteiger partial charge in [-0.25, -0.2) is 4.98 Å². The number of imidazole rings is 1. The Bertz CT molecular complexity index is 518. The van der Waals surface area contributed by atoms with Gasteiger partial charge in [-0.1, -0.05) is 36.4 Å². The second-order valence-electron chi connectivity index (χ2n) is 4.42. The quantitative estimate of drug-likeness (QED) is 0.818. The molecular formula is C15H18N2O. The summed E-state index contributed by atoms with van der Waals surface area (Å²) in [6, 6.07) is 9.65. The first-order chi connectivity index (χ1) is 8.68. The average Bonchev–Trinajstić information content (AvgIpc) is 2.84. The summed E-state index contributed by atoms with van der Waals surface area (Å²) in [6.45, 7) is 3.72. The second-order valence-corrected chi connectivity index (χ2v) is 4.42. The van der Waals surface area contributed by atoms with Crippen molar-refractivity contribution in [2.24, 2.45) is 7.05 Å². The number of nitrogens with zero attached hydrogens (tertiary/aromatic N) is 2. The fourth-order valence-corrected chi connectivity index (χ4v) is 2.17. The third-order valence-electron chi connectivity index (χ3n) is 3.15. The van der Waals surface area contributed by atoms with E-state index in [9.17, 15) is 5.11 Å². The molecule has 94 valence electrons. The van der Waals surface area contributed by atoms with E-state index in [1.54, 1.807) is 6.20 Å². The molecule has 0 amide bonds. The highest BCUT2D eigenvalue weighted by atomic mass is 16.3. The summed E-state index contributed by atoms with van der Waals surface area (Å²) in [5, 5.41) is 11.0. The summed E-state index contributed by atoms with van der Waals surface area (Å²) in [5.74, 6) is 0.663. The summed E-state index contributed by atoms with van der Waals surface area (Å²) in [4.78, 5) is 4.30. The number of allylic oxidation sites excluding steroid dienone is 1. The minimum atomic E-state index is -1.06. The van der Waals surface area contributed by atoms with Crippen molar-refractivity contribution in [2.45, 2.75) is 18.4 Å².